The van der Waals surface area contributed by atoms with E-state index < -0.39 is 27.8 Å². The second kappa shape index (κ2) is 7.44. The van der Waals surface area contributed by atoms with E-state index in [0.717, 1.165) is 11.8 Å². The fourth-order valence-corrected chi connectivity index (χ4v) is 7.83. The number of benzene rings is 2. The number of thioether (sulfide) groups is 1. The average molecular weight is 486 g/mol. The lowest BCUT2D eigenvalue weighted by atomic mass is 9.72. The number of nitrogens with zero attached hydrogens (tertiary/aromatic N) is 3. The van der Waals surface area contributed by atoms with Crippen LogP contribution in [0.1, 0.15) is 17.0 Å². The average Bonchev–Trinajstić information content (AvgIpc) is 3.28. The highest BCUT2D eigenvalue weighted by molar-refractivity contribution is 8.25. The zero-order valence-electron chi connectivity index (χ0n) is 18.0. The van der Waals surface area contributed by atoms with Crippen molar-refractivity contribution in [2.75, 3.05) is 32.1 Å². The van der Waals surface area contributed by atoms with E-state index in [1.165, 1.54) is 34.1 Å². The predicted octanol–water partition coefficient (Wildman–Crippen LogP) is 3.65. The van der Waals surface area contributed by atoms with Crippen molar-refractivity contribution in [3.63, 3.8) is 0 Å². The Bertz CT molecular complexity index is 1240. The van der Waals surface area contributed by atoms with Gasteiger partial charge in [-0.25, -0.2) is 8.78 Å². The monoisotopic (exact) mass is 485 g/mol. The van der Waals surface area contributed by atoms with Crippen molar-refractivity contribution >= 4 is 45.8 Å². The van der Waals surface area contributed by atoms with Crippen molar-refractivity contribution in [1.29, 1.82) is 0 Å². The topological polar surface area (TPSA) is 43.9 Å². The molecule has 0 unspecified atom stereocenters. The zero-order chi connectivity index (χ0) is 23.7. The van der Waals surface area contributed by atoms with Gasteiger partial charge >= 0.3 is 0 Å². The molecule has 3 atom stereocenters. The number of halogens is 2. The molecule has 0 bridgehead atoms. The number of amides is 2. The second-order valence-electron chi connectivity index (χ2n) is 8.53. The smallest absolute Gasteiger partial charge is 0.254 e. The SMILES string of the molecule is C=CCN1C(=O)[C@]2(SC1=S)[C@H](c1cccc(F)c1)CN(C)[C@@]21C(=O)N(C)c2ccc(F)cc21. The number of thiocarbonyl (C=S) groups is 1. The summed E-state index contributed by atoms with van der Waals surface area (Å²) >= 11 is 6.74. The summed E-state index contributed by atoms with van der Waals surface area (Å²) in [5, 5.41) is 0. The van der Waals surface area contributed by atoms with Gasteiger partial charge in [-0.2, -0.15) is 0 Å². The molecule has 3 heterocycles. The van der Waals surface area contributed by atoms with Gasteiger partial charge < -0.3 is 4.90 Å². The molecule has 5 rings (SSSR count). The molecule has 2 fully saturated rings. The third-order valence-corrected chi connectivity index (χ3v) is 8.92. The van der Waals surface area contributed by atoms with E-state index in [-0.39, 0.29) is 24.9 Å². The van der Waals surface area contributed by atoms with Gasteiger partial charge in [0.05, 0.1) is 0 Å². The first-order valence-electron chi connectivity index (χ1n) is 10.4. The summed E-state index contributed by atoms with van der Waals surface area (Å²) in [5.74, 6) is -2.21. The Morgan fingerprint density at radius 3 is 2.58 bits per heavy atom. The molecular formula is C24H21F2N3O2S2. The van der Waals surface area contributed by atoms with E-state index >= 15 is 0 Å². The summed E-state index contributed by atoms with van der Waals surface area (Å²) in [4.78, 5) is 33.0. The van der Waals surface area contributed by atoms with Crippen molar-refractivity contribution in [2.24, 2.45) is 0 Å². The normalized spacial score (nSPS) is 29.1. The fourth-order valence-electron chi connectivity index (χ4n) is 5.68. The van der Waals surface area contributed by atoms with Crippen LogP contribution in [-0.2, 0) is 15.1 Å². The maximum absolute atomic E-state index is 14.6. The lowest BCUT2D eigenvalue weighted by molar-refractivity contribution is -0.138. The minimum absolute atomic E-state index is 0.183. The lowest BCUT2D eigenvalue weighted by Crippen LogP contribution is -2.62. The van der Waals surface area contributed by atoms with Gasteiger partial charge in [0.25, 0.3) is 5.91 Å². The number of rotatable bonds is 3. The van der Waals surface area contributed by atoms with Crippen molar-refractivity contribution in [2.45, 2.75) is 16.2 Å². The van der Waals surface area contributed by atoms with Crippen LogP contribution in [0.3, 0.4) is 0 Å². The van der Waals surface area contributed by atoms with Crippen LogP contribution < -0.4 is 4.90 Å². The number of likely N-dealkylation sites (N-methyl/N-ethyl adjacent to an activating group) is 2. The summed E-state index contributed by atoms with van der Waals surface area (Å²) in [7, 11) is 3.37. The standard InChI is InChI=1S/C24H21F2N3O2S2/c1-4-10-29-21(31)24(33-22(29)32)18(14-6-5-7-15(25)11-14)13-27(2)23(24)17-12-16(26)8-9-19(17)28(3)20(23)30/h4-9,11-12,18H,1,10,13H2,2-3H3/t18-,23-,24+/m0/s1. The zero-order valence-corrected chi connectivity index (χ0v) is 19.7. The van der Waals surface area contributed by atoms with Gasteiger partial charge in [0, 0.05) is 37.3 Å². The molecule has 2 spiro atoms. The largest absolute Gasteiger partial charge is 0.313 e. The Labute approximate surface area is 200 Å². The van der Waals surface area contributed by atoms with E-state index in [2.05, 4.69) is 6.58 Å². The van der Waals surface area contributed by atoms with E-state index in [1.54, 1.807) is 43.3 Å². The number of carbonyl (C=O) groups excluding carboxylic acids is 2. The molecule has 2 amide bonds. The molecule has 2 saturated heterocycles. The molecule has 5 nitrogen and oxygen atoms in total. The van der Waals surface area contributed by atoms with Crippen LogP contribution in [-0.4, -0.2) is 57.9 Å². The van der Waals surface area contributed by atoms with Gasteiger partial charge in [0.2, 0.25) is 5.91 Å². The molecule has 170 valence electrons. The Hall–Kier alpha value is -2.62. The van der Waals surface area contributed by atoms with Crippen molar-refractivity contribution < 1.29 is 18.4 Å². The van der Waals surface area contributed by atoms with Crippen LogP contribution in [0, 0.1) is 11.6 Å². The van der Waals surface area contributed by atoms with Gasteiger partial charge in [-0.15, -0.1) is 6.58 Å². The Morgan fingerprint density at radius 2 is 1.88 bits per heavy atom. The highest BCUT2D eigenvalue weighted by Gasteiger charge is 2.78. The third kappa shape index (κ3) is 2.64. The highest BCUT2D eigenvalue weighted by atomic mass is 32.2. The van der Waals surface area contributed by atoms with Gasteiger partial charge in [-0.1, -0.05) is 42.2 Å². The number of hydrogen-bond acceptors (Lipinski definition) is 5. The number of fused-ring (bicyclic) bond motifs is 3. The van der Waals surface area contributed by atoms with Crippen LogP contribution in [0.25, 0.3) is 0 Å². The summed E-state index contributed by atoms with van der Waals surface area (Å²) in [6.45, 7) is 4.19. The minimum Gasteiger partial charge on any atom is -0.313 e. The van der Waals surface area contributed by atoms with Crippen molar-refractivity contribution in [3.8, 4) is 0 Å². The van der Waals surface area contributed by atoms with Gasteiger partial charge in [-0.05, 0) is 42.9 Å². The van der Waals surface area contributed by atoms with E-state index in [0.29, 0.717) is 21.1 Å². The van der Waals surface area contributed by atoms with E-state index in [4.69, 9.17) is 12.2 Å². The van der Waals surface area contributed by atoms with Crippen LogP contribution in [0.2, 0.25) is 0 Å². The first-order valence-corrected chi connectivity index (χ1v) is 11.6. The lowest BCUT2D eigenvalue weighted by Gasteiger charge is -2.42. The molecule has 9 heteroatoms. The maximum atomic E-state index is 14.6. The van der Waals surface area contributed by atoms with Crippen LogP contribution in [0.4, 0.5) is 14.5 Å². The fraction of sp³-hybridized carbons (Fsp3) is 0.292. The Morgan fingerprint density at radius 1 is 1.15 bits per heavy atom. The first kappa shape index (κ1) is 22.2. The predicted molar refractivity (Wildman–Crippen MR) is 128 cm³/mol. The third-order valence-electron chi connectivity index (χ3n) is 6.98. The second-order valence-corrected chi connectivity index (χ2v) is 10.4. The summed E-state index contributed by atoms with van der Waals surface area (Å²) in [5.41, 5.74) is 0.0235. The number of anilines is 1. The van der Waals surface area contributed by atoms with Crippen LogP contribution in [0.5, 0.6) is 0 Å². The molecule has 3 aliphatic rings. The summed E-state index contributed by atoms with van der Waals surface area (Å²) in [6, 6.07) is 10.2. The highest BCUT2D eigenvalue weighted by Crippen LogP contribution is 2.66. The molecule has 0 saturated carbocycles. The van der Waals surface area contributed by atoms with E-state index in [1.807, 2.05) is 0 Å². The van der Waals surface area contributed by atoms with Gasteiger partial charge in [0.15, 0.2) is 5.54 Å². The molecule has 2 aromatic carbocycles. The molecule has 0 radical (unpaired) electrons. The number of carbonyl (C=O) groups is 2. The van der Waals surface area contributed by atoms with Gasteiger partial charge in [-0.3, -0.25) is 19.4 Å². The number of likely N-dealkylation sites (tertiary alicyclic amines) is 1. The van der Waals surface area contributed by atoms with Crippen molar-refractivity contribution in [1.82, 2.24) is 9.80 Å². The molecule has 3 aliphatic heterocycles. The molecule has 33 heavy (non-hydrogen) atoms. The molecule has 2 aromatic rings. The Kier molecular flexibility index (Phi) is 5.00. The van der Waals surface area contributed by atoms with Gasteiger partial charge in [0.1, 0.15) is 20.7 Å². The molecule has 0 aromatic heterocycles. The molecule has 0 N–H and O–H groups in total. The summed E-state index contributed by atoms with van der Waals surface area (Å²) < 4.78 is 27.7. The van der Waals surface area contributed by atoms with Crippen LogP contribution in [0.15, 0.2) is 55.1 Å². The first-order chi connectivity index (χ1) is 15.7. The van der Waals surface area contributed by atoms with E-state index in [9.17, 15) is 18.4 Å². The number of hydrogen-bond donors (Lipinski definition) is 0. The maximum Gasteiger partial charge on any atom is 0.254 e. The molecule has 0 aliphatic carbocycles. The van der Waals surface area contributed by atoms with Crippen LogP contribution >= 0.6 is 24.0 Å². The Balaban J connectivity index is 1.85. The summed E-state index contributed by atoms with van der Waals surface area (Å²) in [6.07, 6.45) is 1.57. The minimum atomic E-state index is -1.52. The quantitative estimate of drug-likeness (QED) is 0.491. The van der Waals surface area contributed by atoms with Crippen molar-refractivity contribution in [3.05, 3.63) is 77.9 Å². The molecular weight excluding hydrogens is 464 g/mol.